The molecule has 1 aliphatic heterocycles. The molecule has 0 N–H and O–H groups in total. The molecule has 0 bridgehead atoms. The van der Waals surface area contributed by atoms with Gasteiger partial charge in [0.05, 0.1) is 17.4 Å². The third kappa shape index (κ3) is 1.27. The summed E-state index contributed by atoms with van der Waals surface area (Å²) in [4.78, 5) is 6.72. The first-order valence-electron chi connectivity index (χ1n) is 5.35. The maximum Gasteiger partial charge on any atom is 0.0958 e. The Hall–Kier alpha value is -1.35. The van der Waals surface area contributed by atoms with E-state index in [1.807, 2.05) is 6.33 Å². The van der Waals surface area contributed by atoms with Gasteiger partial charge in [0.15, 0.2) is 0 Å². The second-order valence-electron chi connectivity index (χ2n) is 4.50. The van der Waals surface area contributed by atoms with Crippen LogP contribution in [0.25, 0.3) is 11.0 Å². The van der Waals surface area contributed by atoms with Crippen LogP contribution in [0.15, 0.2) is 24.5 Å². The number of aromatic nitrogens is 2. The van der Waals surface area contributed by atoms with E-state index in [4.69, 9.17) is 0 Å². The van der Waals surface area contributed by atoms with Crippen molar-refractivity contribution in [3.63, 3.8) is 0 Å². The van der Waals surface area contributed by atoms with Gasteiger partial charge in [0.1, 0.15) is 0 Å². The van der Waals surface area contributed by atoms with E-state index < -0.39 is 0 Å². The summed E-state index contributed by atoms with van der Waals surface area (Å²) >= 11 is 0. The predicted molar refractivity (Wildman–Crippen MR) is 60.9 cm³/mol. The van der Waals surface area contributed by atoms with Gasteiger partial charge in [0.25, 0.3) is 0 Å². The number of likely N-dealkylation sites (N-methyl/N-ethyl adjacent to an activating group) is 1. The highest BCUT2D eigenvalue weighted by molar-refractivity contribution is 5.79. The Bertz CT molecular complexity index is 499. The van der Waals surface area contributed by atoms with Gasteiger partial charge < -0.3 is 9.47 Å². The van der Waals surface area contributed by atoms with Gasteiger partial charge in [-0.15, -0.1) is 0 Å². The van der Waals surface area contributed by atoms with Crippen LogP contribution in [-0.4, -0.2) is 34.6 Å². The second-order valence-corrected chi connectivity index (χ2v) is 4.50. The summed E-state index contributed by atoms with van der Waals surface area (Å²) in [6, 6.07) is 7.01. The van der Waals surface area contributed by atoms with Crippen molar-refractivity contribution in [1.29, 1.82) is 0 Å². The molecule has 0 unspecified atom stereocenters. The standard InChI is InChI=1S/C12H15N3/c1-14(2)10-6-9-4-3-5-11-12(9)15(7-10)8-13-11/h3-5,8,10H,6-7H2,1-2H3/t10-/m0/s1. The Morgan fingerprint density at radius 2 is 2.27 bits per heavy atom. The Morgan fingerprint density at radius 3 is 3.07 bits per heavy atom. The van der Waals surface area contributed by atoms with Crippen LogP contribution in [-0.2, 0) is 13.0 Å². The van der Waals surface area contributed by atoms with Crippen molar-refractivity contribution >= 4 is 11.0 Å². The maximum atomic E-state index is 4.43. The Labute approximate surface area is 89.3 Å². The molecule has 3 heteroatoms. The van der Waals surface area contributed by atoms with Crippen molar-refractivity contribution in [2.24, 2.45) is 0 Å². The molecule has 15 heavy (non-hydrogen) atoms. The zero-order valence-corrected chi connectivity index (χ0v) is 9.14. The number of para-hydroxylation sites is 1. The smallest absolute Gasteiger partial charge is 0.0958 e. The van der Waals surface area contributed by atoms with Crippen LogP contribution in [0.3, 0.4) is 0 Å². The Kier molecular flexibility index (Phi) is 1.83. The van der Waals surface area contributed by atoms with Crippen LogP contribution in [0.4, 0.5) is 0 Å². The van der Waals surface area contributed by atoms with Crippen LogP contribution < -0.4 is 0 Å². The molecular weight excluding hydrogens is 186 g/mol. The maximum absolute atomic E-state index is 4.43. The summed E-state index contributed by atoms with van der Waals surface area (Å²) in [6.45, 7) is 1.06. The van der Waals surface area contributed by atoms with Crippen LogP contribution in [0, 0.1) is 0 Å². The van der Waals surface area contributed by atoms with Crippen LogP contribution in [0.5, 0.6) is 0 Å². The van der Waals surface area contributed by atoms with E-state index in [9.17, 15) is 0 Å². The molecule has 0 saturated heterocycles. The zero-order valence-electron chi connectivity index (χ0n) is 9.14. The number of hydrogen-bond donors (Lipinski definition) is 0. The Morgan fingerprint density at radius 1 is 1.40 bits per heavy atom. The minimum absolute atomic E-state index is 0.595. The highest BCUT2D eigenvalue weighted by Gasteiger charge is 2.21. The number of imidazole rings is 1. The molecule has 0 spiro atoms. The molecule has 0 amide bonds. The highest BCUT2D eigenvalue weighted by Crippen LogP contribution is 2.25. The highest BCUT2D eigenvalue weighted by atomic mass is 15.2. The van der Waals surface area contributed by atoms with E-state index in [0.29, 0.717) is 6.04 Å². The number of hydrogen-bond acceptors (Lipinski definition) is 2. The predicted octanol–water partition coefficient (Wildman–Crippen LogP) is 1.52. The fourth-order valence-corrected chi connectivity index (χ4v) is 2.40. The summed E-state index contributed by atoms with van der Waals surface area (Å²) in [7, 11) is 4.29. The topological polar surface area (TPSA) is 21.1 Å². The SMILES string of the molecule is CN(C)[C@H]1Cc2cccc3ncn(c23)C1. The molecule has 1 atom stereocenters. The quantitative estimate of drug-likeness (QED) is 0.697. The summed E-state index contributed by atoms with van der Waals surface area (Å²) in [5.74, 6) is 0. The number of benzene rings is 1. The molecule has 1 aliphatic rings. The first-order chi connectivity index (χ1) is 7.25. The van der Waals surface area contributed by atoms with Crippen molar-refractivity contribution in [1.82, 2.24) is 14.5 Å². The summed E-state index contributed by atoms with van der Waals surface area (Å²) in [6.07, 6.45) is 3.10. The lowest BCUT2D eigenvalue weighted by Crippen LogP contribution is -2.36. The molecule has 3 nitrogen and oxygen atoms in total. The van der Waals surface area contributed by atoms with E-state index in [1.165, 1.54) is 11.1 Å². The van der Waals surface area contributed by atoms with Crippen molar-refractivity contribution < 1.29 is 0 Å². The monoisotopic (exact) mass is 201 g/mol. The summed E-state index contributed by atoms with van der Waals surface area (Å²) in [5.41, 5.74) is 3.88. The average molecular weight is 201 g/mol. The molecular formula is C12H15N3. The van der Waals surface area contributed by atoms with Crippen molar-refractivity contribution in [2.45, 2.75) is 19.0 Å². The van der Waals surface area contributed by atoms with E-state index in [-0.39, 0.29) is 0 Å². The molecule has 0 fully saturated rings. The van der Waals surface area contributed by atoms with Crippen LogP contribution >= 0.6 is 0 Å². The average Bonchev–Trinajstić information content (AvgIpc) is 2.64. The largest absolute Gasteiger partial charge is 0.329 e. The van der Waals surface area contributed by atoms with Gasteiger partial charge in [0, 0.05) is 12.6 Å². The first-order valence-corrected chi connectivity index (χ1v) is 5.35. The van der Waals surface area contributed by atoms with Gasteiger partial charge in [-0.2, -0.15) is 0 Å². The molecule has 1 aromatic heterocycles. The molecule has 2 aromatic rings. The van der Waals surface area contributed by atoms with Gasteiger partial charge in [-0.1, -0.05) is 12.1 Å². The summed E-state index contributed by atoms with van der Waals surface area (Å²) in [5, 5.41) is 0. The normalized spacial score (nSPS) is 20.1. The van der Waals surface area contributed by atoms with Gasteiger partial charge >= 0.3 is 0 Å². The van der Waals surface area contributed by atoms with Crippen molar-refractivity contribution in [2.75, 3.05) is 14.1 Å². The van der Waals surface area contributed by atoms with Crippen LogP contribution in [0.1, 0.15) is 5.56 Å². The minimum Gasteiger partial charge on any atom is -0.329 e. The second kappa shape index (κ2) is 3.07. The lowest BCUT2D eigenvalue weighted by Gasteiger charge is -2.29. The number of nitrogens with zero attached hydrogens (tertiary/aromatic N) is 3. The Balaban J connectivity index is 2.16. The fourth-order valence-electron chi connectivity index (χ4n) is 2.40. The molecule has 78 valence electrons. The van der Waals surface area contributed by atoms with E-state index in [1.54, 1.807) is 0 Å². The van der Waals surface area contributed by atoms with E-state index in [2.05, 4.69) is 46.7 Å². The molecule has 1 aromatic carbocycles. The van der Waals surface area contributed by atoms with Gasteiger partial charge in [0.2, 0.25) is 0 Å². The zero-order chi connectivity index (χ0) is 10.4. The van der Waals surface area contributed by atoms with E-state index >= 15 is 0 Å². The molecule has 2 heterocycles. The molecule has 0 aliphatic carbocycles. The van der Waals surface area contributed by atoms with Gasteiger partial charge in [-0.3, -0.25) is 0 Å². The lowest BCUT2D eigenvalue weighted by molar-refractivity contribution is 0.258. The van der Waals surface area contributed by atoms with Gasteiger partial charge in [-0.05, 0) is 32.1 Å². The van der Waals surface area contributed by atoms with Crippen LogP contribution in [0.2, 0.25) is 0 Å². The van der Waals surface area contributed by atoms with E-state index in [0.717, 1.165) is 18.5 Å². The summed E-state index contributed by atoms with van der Waals surface area (Å²) < 4.78 is 2.28. The first kappa shape index (κ1) is 8.92. The molecule has 3 rings (SSSR count). The number of rotatable bonds is 1. The van der Waals surface area contributed by atoms with Crippen molar-refractivity contribution in [3.05, 3.63) is 30.1 Å². The molecule has 0 saturated carbocycles. The molecule has 0 radical (unpaired) electrons. The minimum atomic E-state index is 0.595. The third-order valence-electron chi connectivity index (χ3n) is 3.31. The van der Waals surface area contributed by atoms with Crippen molar-refractivity contribution in [3.8, 4) is 0 Å². The van der Waals surface area contributed by atoms with Gasteiger partial charge in [-0.25, -0.2) is 4.98 Å². The lowest BCUT2D eigenvalue weighted by atomic mass is 10.00. The third-order valence-corrected chi connectivity index (χ3v) is 3.31. The fraction of sp³-hybridized carbons (Fsp3) is 0.417.